The number of nitrogens with one attached hydrogen (secondary N) is 1. The standard InChI is InChI=1S/C10H15N5O2S2/c1-6(11)8-5-18-10(13-8)14-19(16,17)9-4-15(3)7(2)12-9/h4-6H,11H2,1-3H3,(H,13,14). The van der Waals surface area contributed by atoms with Crippen LogP contribution in [0.5, 0.6) is 0 Å². The average Bonchev–Trinajstić information content (AvgIpc) is 2.87. The SMILES string of the molecule is Cc1nc(S(=O)(=O)Nc2nc(C(C)N)cs2)cn1C. The Bertz CT molecular complexity index is 667. The number of aryl methyl sites for hydroxylation is 2. The quantitative estimate of drug-likeness (QED) is 0.877. The Hall–Kier alpha value is -1.45. The summed E-state index contributed by atoms with van der Waals surface area (Å²) < 4.78 is 28.2. The Morgan fingerprint density at radius 1 is 1.47 bits per heavy atom. The first kappa shape index (κ1) is 14.0. The van der Waals surface area contributed by atoms with Gasteiger partial charge in [-0.2, -0.15) is 8.42 Å². The highest BCUT2D eigenvalue weighted by molar-refractivity contribution is 7.92. The van der Waals surface area contributed by atoms with Gasteiger partial charge in [0.1, 0.15) is 5.82 Å². The van der Waals surface area contributed by atoms with E-state index in [0.29, 0.717) is 11.5 Å². The van der Waals surface area contributed by atoms with Crippen LogP contribution in [0.3, 0.4) is 0 Å². The smallest absolute Gasteiger partial charge is 0.282 e. The number of nitrogens with two attached hydrogens (primary N) is 1. The molecule has 3 N–H and O–H groups in total. The molecule has 104 valence electrons. The average molecular weight is 301 g/mol. The number of hydrogen-bond acceptors (Lipinski definition) is 6. The number of sulfonamides is 1. The first-order valence-corrected chi connectivity index (χ1v) is 7.89. The van der Waals surface area contributed by atoms with E-state index in [0.717, 1.165) is 0 Å². The van der Waals surface area contributed by atoms with E-state index in [1.165, 1.54) is 17.5 Å². The van der Waals surface area contributed by atoms with Crippen LogP contribution in [0.2, 0.25) is 0 Å². The van der Waals surface area contributed by atoms with Crippen molar-refractivity contribution in [3.63, 3.8) is 0 Å². The van der Waals surface area contributed by atoms with Crippen molar-refractivity contribution in [1.82, 2.24) is 14.5 Å². The summed E-state index contributed by atoms with van der Waals surface area (Å²) in [5, 5.41) is 1.99. The molecule has 0 amide bonds. The molecule has 19 heavy (non-hydrogen) atoms. The van der Waals surface area contributed by atoms with Gasteiger partial charge in [-0.3, -0.25) is 4.72 Å². The van der Waals surface area contributed by atoms with Gasteiger partial charge in [0.15, 0.2) is 10.2 Å². The van der Waals surface area contributed by atoms with E-state index < -0.39 is 10.0 Å². The molecular formula is C10H15N5O2S2. The molecular weight excluding hydrogens is 286 g/mol. The Balaban J connectivity index is 2.25. The monoisotopic (exact) mass is 301 g/mol. The van der Waals surface area contributed by atoms with Crippen LogP contribution >= 0.6 is 11.3 Å². The van der Waals surface area contributed by atoms with Crippen LogP contribution in [0.15, 0.2) is 16.6 Å². The lowest BCUT2D eigenvalue weighted by atomic mass is 10.3. The van der Waals surface area contributed by atoms with Crippen molar-refractivity contribution in [2.24, 2.45) is 12.8 Å². The summed E-state index contributed by atoms with van der Waals surface area (Å²) in [5.41, 5.74) is 6.33. The molecule has 1 atom stereocenters. The minimum atomic E-state index is -3.70. The molecule has 0 aliphatic carbocycles. The van der Waals surface area contributed by atoms with Crippen LogP contribution in [0.1, 0.15) is 24.5 Å². The van der Waals surface area contributed by atoms with E-state index in [2.05, 4.69) is 14.7 Å². The van der Waals surface area contributed by atoms with Crippen molar-refractivity contribution in [3.8, 4) is 0 Å². The van der Waals surface area contributed by atoms with Gasteiger partial charge in [-0.05, 0) is 13.8 Å². The fraction of sp³-hybridized carbons (Fsp3) is 0.400. The summed E-state index contributed by atoms with van der Waals surface area (Å²) in [7, 11) is -1.97. The minimum absolute atomic E-state index is 0.0231. The van der Waals surface area contributed by atoms with Crippen LogP contribution < -0.4 is 10.5 Å². The third kappa shape index (κ3) is 2.94. The lowest BCUT2D eigenvalue weighted by molar-refractivity contribution is 0.598. The van der Waals surface area contributed by atoms with Crippen LogP contribution in [0.4, 0.5) is 5.13 Å². The van der Waals surface area contributed by atoms with E-state index in [4.69, 9.17) is 5.73 Å². The molecule has 2 heterocycles. The molecule has 2 aromatic rings. The molecule has 0 fully saturated rings. The zero-order valence-electron chi connectivity index (χ0n) is 10.8. The molecule has 0 spiro atoms. The van der Waals surface area contributed by atoms with Gasteiger partial charge in [-0.25, -0.2) is 9.97 Å². The Kier molecular flexibility index (Phi) is 3.61. The maximum absolute atomic E-state index is 12.1. The molecule has 0 aromatic carbocycles. The predicted octanol–water partition coefficient (Wildman–Crippen LogP) is 1.01. The summed E-state index contributed by atoms with van der Waals surface area (Å²) >= 11 is 1.19. The van der Waals surface area contributed by atoms with Gasteiger partial charge >= 0.3 is 0 Å². The highest BCUT2D eigenvalue weighted by Gasteiger charge is 2.20. The number of hydrogen-bond donors (Lipinski definition) is 2. The lowest BCUT2D eigenvalue weighted by Gasteiger charge is -2.01. The first-order chi connectivity index (χ1) is 8.79. The van der Waals surface area contributed by atoms with Gasteiger partial charge in [0.05, 0.1) is 5.69 Å². The molecule has 0 bridgehead atoms. The molecule has 0 saturated carbocycles. The molecule has 9 heteroatoms. The topological polar surface area (TPSA) is 103 Å². The summed E-state index contributed by atoms with van der Waals surface area (Å²) in [4.78, 5) is 8.10. The van der Waals surface area contributed by atoms with Crippen molar-refractivity contribution in [3.05, 3.63) is 23.1 Å². The van der Waals surface area contributed by atoms with Crippen LogP contribution in [0, 0.1) is 6.92 Å². The van der Waals surface area contributed by atoms with Crippen molar-refractivity contribution in [2.45, 2.75) is 24.9 Å². The number of anilines is 1. The van der Waals surface area contributed by atoms with Gasteiger partial charge in [-0.1, -0.05) is 0 Å². The van der Waals surface area contributed by atoms with Crippen molar-refractivity contribution in [1.29, 1.82) is 0 Å². The molecule has 0 radical (unpaired) electrons. The predicted molar refractivity (Wildman–Crippen MR) is 73.5 cm³/mol. The Morgan fingerprint density at radius 3 is 2.63 bits per heavy atom. The largest absolute Gasteiger partial charge is 0.337 e. The zero-order valence-corrected chi connectivity index (χ0v) is 12.4. The fourth-order valence-electron chi connectivity index (χ4n) is 1.37. The maximum atomic E-state index is 12.1. The van der Waals surface area contributed by atoms with Crippen molar-refractivity contribution in [2.75, 3.05) is 4.72 Å². The third-order valence-corrected chi connectivity index (χ3v) is 4.69. The Labute approximate surface area is 115 Å². The van der Waals surface area contributed by atoms with Crippen LogP contribution in [0.25, 0.3) is 0 Å². The third-order valence-electron chi connectivity index (χ3n) is 2.57. The van der Waals surface area contributed by atoms with Gasteiger partial charge in [0.25, 0.3) is 10.0 Å². The summed E-state index contributed by atoms with van der Waals surface area (Å²) in [6, 6.07) is -0.230. The second kappa shape index (κ2) is 4.91. The summed E-state index contributed by atoms with van der Waals surface area (Å²) in [5.74, 6) is 0.621. The minimum Gasteiger partial charge on any atom is -0.337 e. The summed E-state index contributed by atoms with van der Waals surface area (Å²) in [6.07, 6.45) is 1.46. The molecule has 2 rings (SSSR count). The number of aromatic nitrogens is 3. The fourth-order valence-corrected chi connectivity index (χ4v) is 3.47. The number of rotatable bonds is 4. The maximum Gasteiger partial charge on any atom is 0.282 e. The molecule has 0 aliphatic heterocycles. The first-order valence-electron chi connectivity index (χ1n) is 5.53. The van der Waals surface area contributed by atoms with E-state index in [1.807, 2.05) is 0 Å². The van der Waals surface area contributed by atoms with E-state index in [9.17, 15) is 8.42 Å². The van der Waals surface area contributed by atoms with Gasteiger partial charge < -0.3 is 10.3 Å². The second-order valence-corrected chi connectivity index (χ2v) is 6.70. The molecule has 0 aliphatic rings. The van der Waals surface area contributed by atoms with E-state index >= 15 is 0 Å². The van der Waals surface area contributed by atoms with E-state index in [1.54, 1.807) is 30.8 Å². The van der Waals surface area contributed by atoms with Gasteiger partial charge in [0.2, 0.25) is 0 Å². The molecule has 1 unspecified atom stereocenters. The molecule has 7 nitrogen and oxygen atoms in total. The zero-order chi connectivity index (χ0) is 14.2. The number of thiazole rings is 1. The van der Waals surface area contributed by atoms with Gasteiger partial charge in [-0.15, -0.1) is 11.3 Å². The molecule has 0 saturated heterocycles. The highest BCUT2D eigenvalue weighted by atomic mass is 32.2. The Morgan fingerprint density at radius 2 is 2.16 bits per heavy atom. The second-order valence-electron chi connectivity index (χ2n) is 4.21. The molecule has 2 aromatic heterocycles. The number of nitrogens with zero attached hydrogens (tertiary/aromatic N) is 3. The van der Waals surface area contributed by atoms with Crippen LogP contribution in [-0.2, 0) is 17.1 Å². The van der Waals surface area contributed by atoms with Crippen molar-refractivity contribution < 1.29 is 8.42 Å². The van der Waals surface area contributed by atoms with Crippen molar-refractivity contribution >= 4 is 26.5 Å². The van der Waals surface area contributed by atoms with E-state index in [-0.39, 0.29) is 16.2 Å². The number of imidazole rings is 1. The highest BCUT2D eigenvalue weighted by Crippen LogP contribution is 2.22. The summed E-state index contributed by atoms with van der Waals surface area (Å²) in [6.45, 7) is 3.52. The normalized spacial score (nSPS) is 13.5. The lowest BCUT2D eigenvalue weighted by Crippen LogP contribution is -2.13. The van der Waals surface area contributed by atoms with Crippen LogP contribution in [-0.4, -0.2) is 23.0 Å². The van der Waals surface area contributed by atoms with Gasteiger partial charge in [0, 0.05) is 24.7 Å².